The van der Waals surface area contributed by atoms with Gasteiger partial charge in [-0.1, -0.05) is 0 Å². The summed E-state index contributed by atoms with van der Waals surface area (Å²) in [5, 5.41) is 0. The average Bonchev–Trinajstić information content (AvgIpc) is 2.45. The molecule has 1 aliphatic rings. The Morgan fingerprint density at radius 3 is 2.62 bits per heavy atom. The third-order valence-electron chi connectivity index (χ3n) is 2.29. The molecule has 0 aliphatic carbocycles. The van der Waals surface area contributed by atoms with Crippen LogP contribution in [0.15, 0.2) is 0 Å². The number of hydrogen-bond donors (Lipinski definition) is 1. The van der Waals surface area contributed by atoms with E-state index >= 15 is 0 Å². The Kier molecular flexibility index (Phi) is 4.11. The molecule has 0 aromatic rings. The lowest BCUT2D eigenvalue weighted by Crippen LogP contribution is -2.37. The number of hydrogen-bond acceptors (Lipinski definition) is 4. The molecule has 0 radical (unpaired) electrons. The van der Waals surface area contributed by atoms with Crippen molar-refractivity contribution in [2.75, 3.05) is 34.2 Å². The Bertz CT molecular complexity index is 354. The Balaban J connectivity index is 2.30. The van der Waals surface area contributed by atoms with E-state index in [-0.39, 0.29) is 18.7 Å². The lowest BCUT2D eigenvalue weighted by Gasteiger charge is -2.13. The summed E-state index contributed by atoms with van der Waals surface area (Å²) in [6.07, 6.45) is -0.119. The highest BCUT2D eigenvalue weighted by Crippen LogP contribution is 2.11. The van der Waals surface area contributed by atoms with E-state index in [1.807, 2.05) is 0 Å². The van der Waals surface area contributed by atoms with Gasteiger partial charge in [-0.3, -0.25) is 0 Å². The zero-order valence-corrected chi connectivity index (χ0v) is 10.5. The molecule has 1 atom stereocenters. The van der Waals surface area contributed by atoms with E-state index < -0.39 is 10.2 Å². The summed E-state index contributed by atoms with van der Waals surface area (Å²) in [6, 6.07) is 0. The van der Waals surface area contributed by atoms with Crippen LogP contribution in [0.4, 0.5) is 4.79 Å². The van der Waals surface area contributed by atoms with Crippen LogP contribution in [0, 0.1) is 0 Å². The number of ether oxygens (including phenoxy) is 1. The molecule has 8 heteroatoms. The largest absolute Gasteiger partial charge is 0.444 e. The van der Waals surface area contributed by atoms with Crippen molar-refractivity contribution in [2.45, 2.75) is 12.5 Å². The van der Waals surface area contributed by atoms with Crippen LogP contribution in [-0.4, -0.2) is 64.1 Å². The molecular weight excluding hydrogens is 234 g/mol. The first-order chi connectivity index (χ1) is 7.33. The number of rotatable bonds is 5. The maximum absolute atomic E-state index is 11.3. The third kappa shape index (κ3) is 3.32. The van der Waals surface area contributed by atoms with Crippen molar-refractivity contribution in [3.05, 3.63) is 0 Å². The van der Waals surface area contributed by atoms with E-state index in [2.05, 4.69) is 4.72 Å². The van der Waals surface area contributed by atoms with Crippen LogP contribution in [0.3, 0.4) is 0 Å². The second-order valence-corrected chi connectivity index (χ2v) is 5.83. The molecule has 0 aromatic heterocycles. The fourth-order valence-electron chi connectivity index (χ4n) is 1.28. The van der Waals surface area contributed by atoms with Gasteiger partial charge in [0.1, 0.15) is 6.10 Å². The first-order valence-electron chi connectivity index (χ1n) is 4.92. The van der Waals surface area contributed by atoms with E-state index in [1.165, 1.54) is 19.0 Å². The van der Waals surface area contributed by atoms with Crippen molar-refractivity contribution in [2.24, 2.45) is 0 Å². The SMILES string of the molecule is CN1CC(CCNS(=O)(=O)N(C)C)OC1=O. The number of carbonyl (C=O) groups is 1. The Labute approximate surface area is 95.5 Å². The molecule has 1 N–H and O–H groups in total. The average molecular weight is 251 g/mol. The zero-order valence-electron chi connectivity index (χ0n) is 9.63. The topological polar surface area (TPSA) is 79.0 Å². The van der Waals surface area contributed by atoms with Crippen LogP contribution < -0.4 is 4.72 Å². The molecule has 1 unspecified atom stereocenters. The quantitative estimate of drug-likeness (QED) is 0.695. The number of carbonyl (C=O) groups excluding carboxylic acids is 1. The molecular formula is C8H17N3O4S. The number of nitrogens with zero attached hydrogens (tertiary/aromatic N) is 2. The smallest absolute Gasteiger partial charge is 0.409 e. The van der Waals surface area contributed by atoms with Gasteiger partial charge in [0.15, 0.2) is 0 Å². The van der Waals surface area contributed by atoms with Gasteiger partial charge in [0.25, 0.3) is 10.2 Å². The lowest BCUT2D eigenvalue weighted by atomic mass is 10.2. The molecule has 0 aromatic carbocycles. The van der Waals surface area contributed by atoms with Crippen LogP contribution in [-0.2, 0) is 14.9 Å². The minimum atomic E-state index is -3.39. The van der Waals surface area contributed by atoms with Gasteiger partial charge < -0.3 is 9.64 Å². The molecule has 94 valence electrons. The molecule has 1 saturated heterocycles. The molecule has 1 amide bonds. The van der Waals surface area contributed by atoms with Gasteiger partial charge in [-0.25, -0.2) is 9.52 Å². The normalized spacial score (nSPS) is 21.6. The van der Waals surface area contributed by atoms with Crippen molar-refractivity contribution >= 4 is 16.3 Å². The Hall–Kier alpha value is -0.860. The first-order valence-corrected chi connectivity index (χ1v) is 6.36. The molecule has 0 spiro atoms. The standard InChI is InChI=1S/C8H17N3O4S/c1-10(2)16(13,14)9-5-4-7-6-11(3)8(12)15-7/h7,9H,4-6H2,1-3H3. The molecule has 0 bridgehead atoms. The lowest BCUT2D eigenvalue weighted by molar-refractivity contribution is 0.131. The van der Waals surface area contributed by atoms with Crippen molar-refractivity contribution in [1.29, 1.82) is 0 Å². The van der Waals surface area contributed by atoms with Crippen molar-refractivity contribution in [1.82, 2.24) is 13.9 Å². The van der Waals surface area contributed by atoms with E-state index in [1.54, 1.807) is 7.05 Å². The highest BCUT2D eigenvalue weighted by Gasteiger charge is 2.28. The number of amides is 1. The van der Waals surface area contributed by atoms with E-state index in [4.69, 9.17) is 4.74 Å². The maximum Gasteiger partial charge on any atom is 0.409 e. The van der Waals surface area contributed by atoms with E-state index in [0.29, 0.717) is 13.0 Å². The van der Waals surface area contributed by atoms with Gasteiger partial charge in [0, 0.05) is 27.7 Å². The first kappa shape index (κ1) is 13.2. The van der Waals surface area contributed by atoms with Gasteiger partial charge in [-0.05, 0) is 6.42 Å². The molecule has 0 saturated carbocycles. The van der Waals surface area contributed by atoms with Gasteiger partial charge in [-0.15, -0.1) is 0 Å². The van der Waals surface area contributed by atoms with E-state index in [9.17, 15) is 13.2 Å². The van der Waals surface area contributed by atoms with Crippen molar-refractivity contribution in [3.8, 4) is 0 Å². The number of likely N-dealkylation sites (N-methyl/N-ethyl adjacent to an activating group) is 1. The second kappa shape index (κ2) is 4.98. The minimum absolute atomic E-state index is 0.234. The van der Waals surface area contributed by atoms with Gasteiger partial charge in [0.2, 0.25) is 0 Å². The summed E-state index contributed by atoms with van der Waals surface area (Å²) in [5.74, 6) is 0. The monoisotopic (exact) mass is 251 g/mol. The van der Waals surface area contributed by atoms with Gasteiger partial charge >= 0.3 is 6.09 Å². The molecule has 16 heavy (non-hydrogen) atoms. The highest BCUT2D eigenvalue weighted by atomic mass is 32.2. The summed E-state index contributed by atoms with van der Waals surface area (Å²) in [7, 11) is 1.16. The van der Waals surface area contributed by atoms with Crippen molar-refractivity contribution < 1.29 is 17.9 Å². The van der Waals surface area contributed by atoms with Gasteiger partial charge in [0.05, 0.1) is 6.54 Å². The fraction of sp³-hybridized carbons (Fsp3) is 0.875. The van der Waals surface area contributed by atoms with Crippen LogP contribution in [0.2, 0.25) is 0 Å². The van der Waals surface area contributed by atoms with Crippen LogP contribution in [0.25, 0.3) is 0 Å². The fourth-order valence-corrected chi connectivity index (χ4v) is 1.91. The highest BCUT2D eigenvalue weighted by molar-refractivity contribution is 7.87. The van der Waals surface area contributed by atoms with Crippen LogP contribution >= 0.6 is 0 Å². The molecule has 1 rings (SSSR count). The zero-order chi connectivity index (χ0) is 12.3. The van der Waals surface area contributed by atoms with Crippen LogP contribution in [0.1, 0.15) is 6.42 Å². The molecule has 7 nitrogen and oxygen atoms in total. The van der Waals surface area contributed by atoms with Crippen LogP contribution in [0.5, 0.6) is 0 Å². The number of cyclic esters (lactones) is 1. The van der Waals surface area contributed by atoms with Crippen molar-refractivity contribution in [3.63, 3.8) is 0 Å². The molecule has 1 fully saturated rings. The minimum Gasteiger partial charge on any atom is -0.444 e. The third-order valence-corrected chi connectivity index (χ3v) is 3.82. The predicted octanol–water partition coefficient (Wildman–Crippen LogP) is -0.777. The number of nitrogens with one attached hydrogen (secondary N) is 1. The Morgan fingerprint density at radius 2 is 2.19 bits per heavy atom. The second-order valence-electron chi connectivity index (χ2n) is 3.86. The summed E-state index contributed by atoms with van der Waals surface area (Å²) in [6.45, 7) is 0.759. The molecule has 1 aliphatic heterocycles. The summed E-state index contributed by atoms with van der Waals surface area (Å²) in [4.78, 5) is 12.5. The predicted molar refractivity (Wildman–Crippen MR) is 58.1 cm³/mol. The maximum atomic E-state index is 11.3. The summed E-state index contributed by atoms with van der Waals surface area (Å²) < 4.78 is 31.1. The summed E-state index contributed by atoms with van der Waals surface area (Å²) >= 11 is 0. The van der Waals surface area contributed by atoms with Gasteiger partial charge in [-0.2, -0.15) is 12.7 Å². The Morgan fingerprint density at radius 1 is 1.56 bits per heavy atom. The summed E-state index contributed by atoms with van der Waals surface area (Å²) in [5.41, 5.74) is 0. The molecule has 1 heterocycles. The van der Waals surface area contributed by atoms with E-state index in [0.717, 1.165) is 4.31 Å².